The smallest absolute Gasteiger partial charge is 0.321 e. The normalized spacial score (nSPS) is 18.1. The number of piperidine rings is 1. The lowest BCUT2D eigenvalue weighted by Gasteiger charge is -2.38. The van der Waals surface area contributed by atoms with Crippen LogP contribution in [0, 0.1) is 0 Å². The third-order valence-electron chi connectivity index (χ3n) is 4.01. The van der Waals surface area contributed by atoms with Gasteiger partial charge >= 0.3 is 6.03 Å². The molecule has 0 radical (unpaired) electrons. The number of benzene rings is 1. The van der Waals surface area contributed by atoms with Gasteiger partial charge in [-0.15, -0.1) is 0 Å². The predicted molar refractivity (Wildman–Crippen MR) is 86.9 cm³/mol. The SMILES string of the molecule is CNC(=O)NC(=O)CN(C)[C@@H]1CCCN(c2ccccc2)C1. The van der Waals surface area contributed by atoms with Crippen molar-refractivity contribution in [3.8, 4) is 0 Å². The summed E-state index contributed by atoms with van der Waals surface area (Å²) in [6.45, 7) is 2.16. The number of likely N-dealkylation sites (N-methyl/N-ethyl adjacent to an activating group) is 1. The Balaban J connectivity index is 1.89. The lowest BCUT2D eigenvalue weighted by Crippen LogP contribution is -2.50. The molecular weight excluding hydrogens is 280 g/mol. The molecule has 0 unspecified atom stereocenters. The number of hydrogen-bond donors (Lipinski definition) is 2. The van der Waals surface area contributed by atoms with Crippen molar-refractivity contribution in [1.82, 2.24) is 15.5 Å². The van der Waals surface area contributed by atoms with Gasteiger partial charge in [-0.25, -0.2) is 4.79 Å². The van der Waals surface area contributed by atoms with Gasteiger partial charge in [-0.2, -0.15) is 0 Å². The zero-order valence-electron chi connectivity index (χ0n) is 13.2. The third-order valence-corrected chi connectivity index (χ3v) is 4.01. The lowest BCUT2D eigenvalue weighted by atomic mass is 10.0. The van der Waals surface area contributed by atoms with Crippen LogP contribution in [0.15, 0.2) is 30.3 Å². The molecule has 2 rings (SSSR count). The van der Waals surface area contributed by atoms with Crippen LogP contribution in [-0.4, -0.2) is 56.6 Å². The van der Waals surface area contributed by atoms with Gasteiger partial charge < -0.3 is 10.2 Å². The first-order chi connectivity index (χ1) is 10.6. The fourth-order valence-corrected chi connectivity index (χ4v) is 2.77. The fraction of sp³-hybridized carbons (Fsp3) is 0.500. The first-order valence-electron chi connectivity index (χ1n) is 7.62. The molecule has 6 nitrogen and oxygen atoms in total. The Kier molecular flexibility index (Phi) is 5.77. The minimum absolute atomic E-state index is 0.223. The Morgan fingerprint density at radius 1 is 1.32 bits per heavy atom. The molecule has 1 aliphatic heterocycles. The molecule has 3 amide bonds. The van der Waals surface area contributed by atoms with Crippen molar-refractivity contribution in [2.45, 2.75) is 18.9 Å². The number of hydrogen-bond acceptors (Lipinski definition) is 4. The largest absolute Gasteiger partial charge is 0.370 e. The minimum Gasteiger partial charge on any atom is -0.370 e. The minimum atomic E-state index is -0.465. The number of nitrogens with one attached hydrogen (secondary N) is 2. The van der Waals surface area contributed by atoms with E-state index >= 15 is 0 Å². The second-order valence-electron chi connectivity index (χ2n) is 5.62. The van der Waals surface area contributed by atoms with Crippen LogP contribution in [0.1, 0.15) is 12.8 Å². The van der Waals surface area contributed by atoms with Crippen LogP contribution >= 0.6 is 0 Å². The summed E-state index contributed by atoms with van der Waals surface area (Å²) in [6.07, 6.45) is 2.16. The summed E-state index contributed by atoms with van der Waals surface area (Å²) in [5.74, 6) is -0.279. The van der Waals surface area contributed by atoms with Gasteiger partial charge in [0, 0.05) is 31.9 Å². The van der Waals surface area contributed by atoms with Crippen molar-refractivity contribution in [1.29, 1.82) is 0 Å². The Labute approximate surface area is 131 Å². The number of amides is 3. The molecule has 0 aromatic heterocycles. The maximum absolute atomic E-state index is 11.8. The highest BCUT2D eigenvalue weighted by atomic mass is 16.2. The van der Waals surface area contributed by atoms with E-state index in [0.717, 1.165) is 25.9 Å². The Bertz CT molecular complexity index is 506. The van der Waals surface area contributed by atoms with Crippen molar-refractivity contribution >= 4 is 17.6 Å². The van der Waals surface area contributed by atoms with Crippen molar-refractivity contribution in [3.05, 3.63) is 30.3 Å². The number of imide groups is 1. The summed E-state index contributed by atoms with van der Waals surface area (Å²) in [4.78, 5) is 27.3. The predicted octanol–water partition coefficient (Wildman–Crippen LogP) is 1.04. The zero-order valence-corrected chi connectivity index (χ0v) is 13.2. The maximum Gasteiger partial charge on any atom is 0.321 e. The quantitative estimate of drug-likeness (QED) is 0.872. The number of carbonyl (C=O) groups excluding carboxylic acids is 2. The summed E-state index contributed by atoms with van der Waals surface area (Å²) >= 11 is 0. The van der Waals surface area contributed by atoms with Crippen LogP contribution in [0.3, 0.4) is 0 Å². The topological polar surface area (TPSA) is 64.7 Å². The molecular formula is C16H24N4O2. The summed E-state index contributed by atoms with van der Waals surface area (Å²) in [5.41, 5.74) is 1.22. The molecule has 0 saturated carbocycles. The summed E-state index contributed by atoms with van der Waals surface area (Å²) < 4.78 is 0. The van der Waals surface area contributed by atoms with Crippen LogP contribution in [0.25, 0.3) is 0 Å². The van der Waals surface area contributed by atoms with Gasteiger partial charge in [0.2, 0.25) is 5.91 Å². The number of anilines is 1. The molecule has 1 heterocycles. The van der Waals surface area contributed by atoms with Crippen LogP contribution in [-0.2, 0) is 4.79 Å². The van der Waals surface area contributed by atoms with E-state index < -0.39 is 6.03 Å². The third kappa shape index (κ3) is 4.46. The van der Waals surface area contributed by atoms with E-state index in [2.05, 4.69) is 27.7 Å². The van der Waals surface area contributed by atoms with Crippen LogP contribution < -0.4 is 15.5 Å². The van der Waals surface area contributed by atoms with E-state index in [0.29, 0.717) is 6.04 Å². The zero-order chi connectivity index (χ0) is 15.9. The van der Waals surface area contributed by atoms with Gasteiger partial charge in [0.05, 0.1) is 6.54 Å². The summed E-state index contributed by atoms with van der Waals surface area (Å²) in [5, 5.41) is 4.68. The summed E-state index contributed by atoms with van der Waals surface area (Å²) in [6, 6.07) is 10.2. The van der Waals surface area contributed by atoms with Crippen LogP contribution in [0.5, 0.6) is 0 Å². The van der Waals surface area contributed by atoms with E-state index in [-0.39, 0.29) is 12.5 Å². The first-order valence-corrected chi connectivity index (χ1v) is 7.62. The lowest BCUT2D eigenvalue weighted by molar-refractivity contribution is -0.121. The monoisotopic (exact) mass is 304 g/mol. The molecule has 1 aromatic carbocycles. The van der Waals surface area contributed by atoms with Crippen molar-refractivity contribution < 1.29 is 9.59 Å². The highest BCUT2D eigenvalue weighted by molar-refractivity contribution is 5.95. The molecule has 1 aliphatic rings. The van der Waals surface area contributed by atoms with Crippen molar-refractivity contribution in [2.75, 3.05) is 38.6 Å². The maximum atomic E-state index is 11.8. The number of urea groups is 1. The van der Waals surface area contributed by atoms with Gasteiger partial charge in [0.1, 0.15) is 0 Å². The van der Waals surface area contributed by atoms with E-state index in [1.807, 2.05) is 30.1 Å². The average Bonchev–Trinajstić information content (AvgIpc) is 2.55. The Morgan fingerprint density at radius 2 is 2.05 bits per heavy atom. The molecule has 0 spiro atoms. The molecule has 1 aromatic rings. The average molecular weight is 304 g/mol. The fourth-order valence-electron chi connectivity index (χ4n) is 2.77. The number of carbonyl (C=O) groups is 2. The number of nitrogens with zero attached hydrogens (tertiary/aromatic N) is 2. The van der Waals surface area contributed by atoms with E-state index in [4.69, 9.17) is 0 Å². The standard InChI is InChI=1S/C16H24N4O2/c1-17-16(22)18-15(21)12-19(2)14-9-6-10-20(11-14)13-7-4-3-5-8-13/h3-5,7-8,14H,6,9-12H2,1-2H3,(H2,17,18,21,22)/t14-/m1/s1. The molecule has 2 N–H and O–H groups in total. The Morgan fingerprint density at radius 3 is 2.73 bits per heavy atom. The molecule has 6 heteroatoms. The second kappa shape index (κ2) is 7.79. The van der Waals surface area contributed by atoms with Crippen LogP contribution in [0.2, 0.25) is 0 Å². The van der Waals surface area contributed by atoms with Crippen molar-refractivity contribution in [2.24, 2.45) is 0 Å². The van der Waals surface area contributed by atoms with Crippen LogP contribution in [0.4, 0.5) is 10.5 Å². The highest BCUT2D eigenvalue weighted by Gasteiger charge is 2.24. The van der Waals surface area contributed by atoms with Gasteiger partial charge in [0.25, 0.3) is 0 Å². The van der Waals surface area contributed by atoms with Gasteiger partial charge in [0.15, 0.2) is 0 Å². The highest BCUT2D eigenvalue weighted by Crippen LogP contribution is 2.21. The first kappa shape index (κ1) is 16.3. The van der Waals surface area contributed by atoms with Gasteiger partial charge in [-0.05, 0) is 32.0 Å². The summed E-state index contributed by atoms with van der Waals surface area (Å²) in [7, 11) is 3.42. The molecule has 22 heavy (non-hydrogen) atoms. The molecule has 0 aliphatic carbocycles. The second-order valence-corrected chi connectivity index (χ2v) is 5.62. The molecule has 0 bridgehead atoms. The van der Waals surface area contributed by atoms with E-state index in [1.165, 1.54) is 12.7 Å². The number of para-hydroxylation sites is 1. The van der Waals surface area contributed by atoms with Gasteiger partial charge in [-0.3, -0.25) is 15.0 Å². The van der Waals surface area contributed by atoms with E-state index in [9.17, 15) is 9.59 Å². The molecule has 1 saturated heterocycles. The molecule has 120 valence electrons. The van der Waals surface area contributed by atoms with Gasteiger partial charge in [-0.1, -0.05) is 18.2 Å². The molecule has 1 fully saturated rings. The number of rotatable bonds is 4. The van der Waals surface area contributed by atoms with E-state index in [1.54, 1.807) is 0 Å². The molecule has 1 atom stereocenters. The Hall–Kier alpha value is -2.08. The van der Waals surface area contributed by atoms with Crippen molar-refractivity contribution in [3.63, 3.8) is 0 Å².